The van der Waals surface area contributed by atoms with Crippen LogP contribution in [-0.4, -0.2) is 67.6 Å². The topological polar surface area (TPSA) is 88.9 Å². The molecule has 0 saturated carbocycles. The van der Waals surface area contributed by atoms with Crippen molar-refractivity contribution in [2.75, 3.05) is 49.8 Å². The van der Waals surface area contributed by atoms with Crippen LogP contribution in [-0.2, 0) is 16.1 Å². The van der Waals surface area contributed by atoms with Gasteiger partial charge in [0.1, 0.15) is 18.4 Å². The van der Waals surface area contributed by atoms with Gasteiger partial charge in [-0.3, -0.25) is 14.3 Å². The molecule has 1 N–H and O–H groups in total. The number of fused-ring (bicyclic) bond motifs is 1. The molecule has 0 radical (unpaired) electrons. The summed E-state index contributed by atoms with van der Waals surface area (Å²) in [5.41, 5.74) is 2.55. The largest absolute Gasteiger partial charge is 0.489 e. The molecule has 2 aromatic carbocycles. The van der Waals surface area contributed by atoms with Gasteiger partial charge in [0, 0.05) is 44.5 Å². The average Bonchev–Trinajstić information content (AvgIpc) is 3.24. The molecular formula is C28H30FN5O4. The van der Waals surface area contributed by atoms with E-state index in [1.54, 1.807) is 7.05 Å². The van der Waals surface area contributed by atoms with Crippen LogP contribution in [0.4, 0.5) is 15.8 Å². The van der Waals surface area contributed by atoms with Gasteiger partial charge in [0.05, 0.1) is 18.4 Å². The maximum Gasteiger partial charge on any atom is 0.275 e. The summed E-state index contributed by atoms with van der Waals surface area (Å²) in [7, 11) is 1.66. The Hall–Kier alpha value is -3.92. The third-order valence-corrected chi connectivity index (χ3v) is 7.73. The van der Waals surface area contributed by atoms with E-state index in [1.165, 1.54) is 15.8 Å². The molecule has 2 saturated heterocycles. The molecule has 2 amide bonds. The lowest BCUT2D eigenvalue weighted by atomic mass is 9.73. The van der Waals surface area contributed by atoms with Gasteiger partial charge in [-0.1, -0.05) is 30.3 Å². The normalized spacial score (nSPS) is 20.4. The molecule has 3 aromatic rings. The molecule has 6 rings (SSSR count). The zero-order chi connectivity index (χ0) is 26.3. The molecule has 38 heavy (non-hydrogen) atoms. The Balaban J connectivity index is 1.13. The minimum Gasteiger partial charge on any atom is -0.489 e. The quantitative estimate of drug-likeness (QED) is 0.558. The van der Waals surface area contributed by atoms with Gasteiger partial charge in [0.25, 0.3) is 11.8 Å². The summed E-state index contributed by atoms with van der Waals surface area (Å²) >= 11 is 0. The Bertz CT molecular complexity index is 1350. The highest BCUT2D eigenvalue weighted by Crippen LogP contribution is 2.44. The van der Waals surface area contributed by atoms with Gasteiger partial charge in [0.2, 0.25) is 0 Å². The Labute approximate surface area is 220 Å². The van der Waals surface area contributed by atoms with Gasteiger partial charge in [-0.15, -0.1) is 0 Å². The lowest BCUT2D eigenvalue weighted by Crippen LogP contribution is -2.58. The van der Waals surface area contributed by atoms with Gasteiger partial charge in [-0.25, -0.2) is 4.39 Å². The minimum atomic E-state index is -0.989. The van der Waals surface area contributed by atoms with Crippen LogP contribution < -0.4 is 19.9 Å². The van der Waals surface area contributed by atoms with Crippen molar-refractivity contribution in [1.29, 1.82) is 0 Å². The molecule has 3 aliphatic rings. The molecule has 1 atom stereocenters. The summed E-state index contributed by atoms with van der Waals surface area (Å²) in [5.74, 6) is -1.30. The SMILES string of the molecule is CN1C(=O)[C@@H](NC(=O)c2nn(Cc3ccccc3)cc2F)COc2ccc(N3CC4(CCOCC4)C3)cc21. The van der Waals surface area contributed by atoms with Crippen LogP contribution in [0.5, 0.6) is 5.75 Å². The maximum atomic E-state index is 14.6. The number of halogens is 1. The summed E-state index contributed by atoms with van der Waals surface area (Å²) in [6.07, 6.45) is 3.32. The summed E-state index contributed by atoms with van der Waals surface area (Å²) < 4.78 is 27.4. The number of ether oxygens (including phenoxy) is 2. The molecule has 3 aliphatic heterocycles. The second kappa shape index (κ2) is 9.75. The predicted octanol–water partition coefficient (Wildman–Crippen LogP) is 2.84. The number of carbonyl (C=O) groups excluding carboxylic acids is 2. The summed E-state index contributed by atoms with van der Waals surface area (Å²) in [5, 5.41) is 6.72. The fraction of sp³-hybridized carbons (Fsp3) is 0.393. The van der Waals surface area contributed by atoms with Crippen LogP contribution in [0.25, 0.3) is 0 Å². The highest BCUT2D eigenvalue weighted by molar-refractivity contribution is 6.03. The smallest absolute Gasteiger partial charge is 0.275 e. The van der Waals surface area contributed by atoms with E-state index in [2.05, 4.69) is 15.3 Å². The molecule has 10 heteroatoms. The van der Waals surface area contributed by atoms with Crippen LogP contribution in [0.1, 0.15) is 28.9 Å². The highest BCUT2D eigenvalue weighted by Gasteiger charge is 2.44. The molecule has 4 heterocycles. The lowest BCUT2D eigenvalue weighted by molar-refractivity contribution is -0.120. The number of anilines is 2. The first-order valence-electron chi connectivity index (χ1n) is 12.9. The molecule has 1 spiro atoms. The van der Waals surface area contributed by atoms with Gasteiger partial charge < -0.3 is 24.6 Å². The van der Waals surface area contributed by atoms with E-state index in [0.717, 1.165) is 50.4 Å². The monoisotopic (exact) mass is 519 g/mol. The van der Waals surface area contributed by atoms with Crippen LogP contribution >= 0.6 is 0 Å². The molecule has 1 aromatic heterocycles. The van der Waals surface area contributed by atoms with Gasteiger partial charge in [0.15, 0.2) is 11.5 Å². The second-order valence-electron chi connectivity index (χ2n) is 10.4. The summed E-state index contributed by atoms with van der Waals surface area (Å²) in [4.78, 5) is 30.0. The van der Waals surface area contributed by atoms with E-state index in [-0.39, 0.29) is 18.2 Å². The first-order chi connectivity index (χ1) is 18.4. The number of hydrogen-bond donors (Lipinski definition) is 1. The zero-order valence-electron chi connectivity index (χ0n) is 21.2. The van der Waals surface area contributed by atoms with Crippen molar-refractivity contribution in [3.8, 4) is 5.75 Å². The number of rotatable bonds is 5. The first kappa shape index (κ1) is 24.4. The third-order valence-electron chi connectivity index (χ3n) is 7.73. The molecule has 198 valence electrons. The van der Waals surface area contributed by atoms with E-state index >= 15 is 0 Å². The zero-order valence-corrected chi connectivity index (χ0v) is 21.2. The summed E-state index contributed by atoms with van der Waals surface area (Å²) in [6.45, 7) is 3.81. The van der Waals surface area contributed by atoms with Crippen molar-refractivity contribution >= 4 is 23.2 Å². The van der Waals surface area contributed by atoms with Crippen LogP contribution in [0.3, 0.4) is 0 Å². The number of hydrogen-bond acceptors (Lipinski definition) is 6. The number of amides is 2. The molecule has 2 fully saturated rings. The van der Waals surface area contributed by atoms with Crippen LogP contribution in [0.15, 0.2) is 54.7 Å². The standard InChI is InChI=1S/C28H30FN5O4/c1-32-23-13-20(33-17-28(18-33)9-11-37-12-10-28)7-8-24(23)38-16-22(27(32)36)30-26(35)25-21(29)15-34(31-25)14-19-5-3-2-4-6-19/h2-8,13,15,22H,9-12,14,16-18H2,1H3,(H,30,35)/t22-/m0/s1. The fourth-order valence-corrected chi connectivity index (χ4v) is 5.48. The van der Waals surface area contributed by atoms with Crippen molar-refractivity contribution in [2.45, 2.75) is 25.4 Å². The number of nitrogens with zero attached hydrogens (tertiary/aromatic N) is 4. The molecule has 0 unspecified atom stereocenters. The Kier molecular flexibility index (Phi) is 6.27. The molecular weight excluding hydrogens is 489 g/mol. The number of likely N-dealkylation sites (N-methyl/N-ethyl adjacent to an activating group) is 1. The Morgan fingerprint density at radius 3 is 2.68 bits per heavy atom. The first-order valence-corrected chi connectivity index (χ1v) is 12.9. The van der Waals surface area contributed by atoms with Gasteiger partial charge >= 0.3 is 0 Å². The number of carbonyl (C=O) groups is 2. The predicted molar refractivity (Wildman–Crippen MR) is 139 cm³/mol. The van der Waals surface area contributed by atoms with Crippen molar-refractivity contribution in [2.24, 2.45) is 5.41 Å². The Morgan fingerprint density at radius 2 is 1.92 bits per heavy atom. The van der Waals surface area contributed by atoms with Crippen LogP contribution in [0, 0.1) is 11.2 Å². The van der Waals surface area contributed by atoms with E-state index in [1.807, 2.05) is 48.5 Å². The number of aromatic nitrogens is 2. The van der Waals surface area contributed by atoms with Crippen molar-refractivity contribution in [3.63, 3.8) is 0 Å². The van der Waals surface area contributed by atoms with E-state index < -0.39 is 17.8 Å². The Morgan fingerprint density at radius 1 is 1.16 bits per heavy atom. The maximum absolute atomic E-state index is 14.6. The molecule has 0 aliphatic carbocycles. The van der Waals surface area contributed by atoms with E-state index in [0.29, 0.717) is 23.4 Å². The van der Waals surface area contributed by atoms with Crippen LogP contribution in [0.2, 0.25) is 0 Å². The van der Waals surface area contributed by atoms with Gasteiger partial charge in [-0.2, -0.15) is 5.10 Å². The van der Waals surface area contributed by atoms with Gasteiger partial charge in [-0.05, 0) is 36.6 Å². The summed E-state index contributed by atoms with van der Waals surface area (Å²) in [6, 6.07) is 14.3. The minimum absolute atomic E-state index is 0.0690. The third kappa shape index (κ3) is 4.60. The fourth-order valence-electron chi connectivity index (χ4n) is 5.48. The number of nitrogens with one attached hydrogen (secondary N) is 1. The molecule has 0 bridgehead atoms. The average molecular weight is 520 g/mol. The van der Waals surface area contributed by atoms with Crippen molar-refractivity contribution < 1.29 is 23.5 Å². The molecule has 9 nitrogen and oxygen atoms in total. The van der Waals surface area contributed by atoms with Crippen molar-refractivity contribution in [1.82, 2.24) is 15.1 Å². The lowest BCUT2D eigenvalue weighted by Gasteiger charge is -2.53. The number of benzene rings is 2. The highest BCUT2D eigenvalue weighted by atomic mass is 19.1. The van der Waals surface area contributed by atoms with E-state index in [9.17, 15) is 14.0 Å². The van der Waals surface area contributed by atoms with E-state index in [4.69, 9.17) is 9.47 Å². The van der Waals surface area contributed by atoms with Crippen molar-refractivity contribution in [3.05, 3.63) is 71.8 Å². The second-order valence-corrected chi connectivity index (χ2v) is 10.4.